The van der Waals surface area contributed by atoms with E-state index in [1.165, 1.54) is 29.4 Å². The Morgan fingerprint density at radius 1 is 1.33 bits per heavy atom. The van der Waals surface area contributed by atoms with Gasteiger partial charge in [-0.2, -0.15) is 10.2 Å². The number of nitrogens with one attached hydrogen (secondary N) is 1. The van der Waals surface area contributed by atoms with Crippen LogP contribution in [0.4, 0.5) is 11.4 Å². The third kappa shape index (κ3) is 4.49. The van der Waals surface area contributed by atoms with Gasteiger partial charge in [0.15, 0.2) is 5.69 Å². The van der Waals surface area contributed by atoms with E-state index >= 15 is 0 Å². The van der Waals surface area contributed by atoms with Crippen LogP contribution in [-0.4, -0.2) is 42.5 Å². The molecule has 1 N–H and O–H groups in total. The van der Waals surface area contributed by atoms with Crippen LogP contribution in [0.5, 0.6) is 0 Å². The molecule has 0 aliphatic carbocycles. The number of nitro groups is 1. The van der Waals surface area contributed by atoms with Crippen molar-refractivity contribution in [1.29, 1.82) is 0 Å². The average Bonchev–Trinajstić information content (AvgIpc) is 3.07. The van der Waals surface area contributed by atoms with E-state index in [0.29, 0.717) is 6.54 Å². The number of carbonyl (C=O) groups is 2. The Morgan fingerprint density at radius 3 is 2.52 bits per heavy atom. The molecule has 0 aromatic carbocycles. The van der Waals surface area contributed by atoms with Crippen LogP contribution in [0.25, 0.3) is 0 Å². The number of hydrogen-bond acceptors (Lipinski definition) is 7. The number of nitrogens with zero attached hydrogens (tertiary/aromatic N) is 5. The van der Waals surface area contributed by atoms with Gasteiger partial charge in [-0.25, -0.2) is 4.79 Å². The molecule has 0 bridgehead atoms. The van der Waals surface area contributed by atoms with Crippen LogP contribution in [0.2, 0.25) is 0 Å². The molecular formula is C16H22N6O5. The van der Waals surface area contributed by atoms with Gasteiger partial charge in [0.25, 0.3) is 0 Å². The van der Waals surface area contributed by atoms with E-state index in [1.807, 2.05) is 6.92 Å². The van der Waals surface area contributed by atoms with Gasteiger partial charge < -0.3 is 10.1 Å². The second-order valence-corrected chi connectivity index (χ2v) is 6.18. The van der Waals surface area contributed by atoms with Crippen LogP contribution in [-0.2, 0) is 22.6 Å². The summed E-state index contributed by atoms with van der Waals surface area (Å²) in [5, 5.41) is 21.8. The van der Waals surface area contributed by atoms with E-state index in [0.717, 1.165) is 0 Å². The summed E-state index contributed by atoms with van der Waals surface area (Å²) in [5.74, 6) is -1.14. The maximum atomic E-state index is 12.4. The third-order valence-electron chi connectivity index (χ3n) is 3.72. The molecule has 0 unspecified atom stereocenters. The summed E-state index contributed by atoms with van der Waals surface area (Å²) in [6.45, 7) is 8.55. The smallest absolute Gasteiger partial charge is 0.361 e. The molecular weight excluding hydrogens is 356 g/mol. The maximum Gasteiger partial charge on any atom is 0.361 e. The number of amides is 1. The molecule has 0 aliphatic heterocycles. The lowest BCUT2D eigenvalue weighted by Crippen LogP contribution is -2.22. The van der Waals surface area contributed by atoms with Crippen molar-refractivity contribution in [3.05, 3.63) is 33.4 Å². The van der Waals surface area contributed by atoms with E-state index < -0.39 is 16.8 Å². The van der Waals surface area contributed by atoms with Crippen LogP contribution in [0.1, 0.15) is 42.6 Å². The number of ether oxygens (including phenoxy) is 1. The van der Waals surface area contributed by atoms with Gasteiger partial charge in [-0.05, 0) is 34.6 Å². The Hall–Kier alpha value is -3.24. The number of aromatic nitrogens is 4. The van der Waals surface area contributed by atoms with E-state index in [9.17, 15) is 19.7 Å². The van der Waals surface area contributed by atoms with Crippen LogP contribution >= 0.6 is 0 Å². The molecule has 2 heterocycles. The van der Waals surface area contributed by atoms with Gasteiger partial charge in [-0.1, -0.05) is 0 Å². The zero-order valence-corrected chi connectivity index (χ0v) is 15.8. The number of aryl methyl sites for hydroxylation is 2. The standard InChI is InChI=1S/C16H22N6O5/c1-6-20-7-12(14(19-20)16(24)27-9(2)3)17-13(23)8-21-11(5)15(22(25)26)10(4)18-21/h7,9H,6,8H2,1-5H3,(H,17,23). The SMILES string of the molecule is CCn1cc(NC(=O)Cn2nc(C)c([N+](=O)[O-])c2C)c(C(=O)OC(C)C)n1. The highest BCUT2D eigenvalue weighted by molar-refractivity contribution is 5.99. The Labute approximate surface area is 155 Å². The summed E-state index contributed by atoms with van der Waals surface area (Å²) in [5.41, 5.74) is 0.589. The molecule has 0 fully saturated rings. The van der Waals surface area contributed by atoms with E-state index in [4.69, 9.17) is 4.74 Å². The van der Waals surface area contributed by atoms with Crippen LogP contribution in [0, 0.1) is 24.0 Å². The second kappa shape index (κ2) is 7.98. The summed E-state index contributed by atoms with van der Waals surface area (Å²) >= 11 is 0. The normalized spacial score (nSPS) is 10.9. The molecule has 0 spiro atoms. The van der Waals surface area contributed by atoms with Crippen molar-refractivity contribution >= 4 is 23.3 Å². The fourth-order valence-corrected chi connectivity index (χ4v) is 2.53. The summed E-state index contributed by atoms with van der Waals surface area (Å²) in [7, 11) is 0. The fraction of sp³-hybridized carbons (Fsp3) is 0.500. The molecule has 27 heavy (non-hydrogen) atoms. The highest BCUT2D eigenvalue weighted by Crippen LogP contribution is 2.22. The minimum atomic E-state index is -0.644. The summed E-state index contributed by atoms with van der Waals surface area (Å²) in [6.07, 6.45) is 1.20. The fourth-order valence-electron chi connectivity index (χ4n) is 2.53. The topological polar surface area (TPSA) is 134 Å². The first-order valence-corrected chi connectivity index (χ1v) is 8.40. The van der Waals surface area contributed by atoms with Gasteiger partial charge in [0.2, 0.25) is 5.91 Å². The summed E-state index contributed by atoms with van der Waals surface area (Å²) in [6, 6.07) is 0. The largest absolute Gasteiger partial charge is 0.458 e. The van der Waals surface area contributed by atoms with Crippen LogP contribution < -0.4 is 5.32 Å². The van der Waals surface area contributed by atoms with Crippen LogP contribution in [0.3, 0.4) is 0 Å². The van der Waals surface area contributed by atoms with Crippen molar-refractivity contribution in [3.63, 3.8) is 0 Å². The quantitative estimate of drug-likeness (QED) is 0.441. The highest BCUT2D eigenvalue weighted by atomic mass is 16.6. The van der Waals surface area contributed by atoms with Gasteiger partial charge >= 0.3 is 11.7 Å². The van der Waals surface area contributed by atoms with Gasteiger partial charge in [-0.15, -0.1) is 0 Å². The highest BCUT2D eigenvalue weighted by Gasteiger charge is 2.24. The van der Waals surface area contributed by atoms with Crippen molar-refractivity contribution in [2.75, 3.05) is 5.32 Å². The monoisotopic (exact) mass is 378 g/mol. The first kappa shape index (κ1) is 20.1. The second-order valence-electron chi connectivity index (χ2n) is 6.18. The van der Waals surface area contributed by atoms with Crippen molar-refractivity contribution in [2.24, 2.45) is 0 Å². The van der Waals surface area contributed by atoms with Crippen molar-refractivity contribution in [2.45, 2.75) is 53.8 Å². The zero-order valence-electron chi connectivity index (χ0n) is 15.8. The van der Waals surface area contributed by atoms with Crippen molar-refractivity contribution in [1.82, 2.24) is 19.6 Å². The molecule has 0 saturated heterocycles. The lowest BCUT2D eigenvalue weighted by atomic mass is 10.3. The van der Waals surface area contributed by atoms with Gasteiger partial charge in [0.1, 0.15) is 17.9 Å². The van der Waals surface area contributed by atoms with E-state index in [2.05, 4.69) is 15.5 Å². The zero-order chi connectivity index (χ0) is 20.3. The molecule has 11 heteroatoms. The Kier molecular flexibility index (Phi) is 5.93. The van der Waals surface area contributed by atoms with Gasteiger partial charge in [0.05, 0.1) is 16.7 Å². The lowest BCUT2D eigenvalue weighted by Gasteiger charge is -2.08. The third-order valence-corrected chi connectivity index (χ3v) is 3.72. The average molecular weight is 378 g/mol. The molecule has 2 aromatic rings. The molecule has 0 aliphatic rings. The Bertz CT molecular complexity index is 882. The minimum absolute atomic E-state index is 0.00162. The van der Waals surface area contributed by atoms with Crippen molar-refractivity contribution < 1.29 is 19.2 Å². The predicted octanol–water partition coefficient (Wildman–Crippen LogP) is 1.83. The predicted molar refractivity (Wildman–Crippen MR) is 95.4 cm³/mol. The minimum Gasteiger partial charge on any atom is -0.458 e. The van der Waals surface area contributed by atoms with E-state index in [1.54, 1.807) is 13.8 Å². The molecule has 11 nitrogen and oxygen atoms in total. The lowest BCUT2D eigenvalue weighted by molar-refractivity contribution is -0.386. The van der Waals surface area contributed by atoms with Gasteiger partial charge in [0, 0.05) is 12.7 Å². The number of rotatable bonds is 7. The summed E-state index contributed by atoms with van der Waals surface area (Å²) in [4.78, 5) is 35.1. The number of anilines is 1. The maximum absolute atomic E-state index is 12.4. The van der Waals surface area contributed by atoms with Gasteiger partial charge in [-0.3, -0.25) is 24.3 Å². The number of carbonyl (C=O) groups excluding carboxylic acids is 2. The molecule has 0 saturated carbocycles. The Balaban J connectivity index is 2.21. The molecule has 2 rings (SSSR count). The van der Waals surface area contributed by atoms with Crippen molar-refractivity contribution in [3.8, 4) is 0 Å². The molecule has 0 radical (unpaired) electrons. The first-order valence-electron chi connectivity index (χ1n) is 8.40. The molecule has 1 amide bonds. The molecule has 2 aromatic heterocycles. The Morgan fingerprint density at radius 2 is 2.00 bits per heavy atom. The first-order chi connectivity index (χ1) is 12.6. The van der Waals surface area contributed by atoms with Crippen LogP contribution in [0.15, 0.2) is 6.20 Å². The molecule has 146 valence electrons. The number of esters is 1. The van der Waals surface area contributed by atoms with E-state index in [-0.39, 0.29) is 41.1 Å². The molecule has 0 atom stereocenters. The number of hydrogen-bond donors (Lipinski definition) is 1. The summed E-state index contributed by atoms with van der Waals surface area (Å²) < 4.78 is 7.89.